The number of benzene rings is 2. The number of aromatic nitrogens is 1. The molecule has 1 aliphatic carbocycles. The summed E-state index contributed by atoms with van der Waals surface area (Å²) in [5, 5.41) is 14.4. The molecule has 2 fully saturated rings. The van der Waals surface area contributed by atoms with E-state index in [1.807, 2.05) is 30.1 Å². The molecule has 6 rings (SSSR count). The molecule has 9 heteroatoms. The molecule has 3 aromatic rings. The van der Waals surface area contributed by atoms with E-state index in [1.54, 1.807) is 24.1 Å². The highest BCUT2D eigenvalue weighted by Gasteiger charge is 2.56. The second kappa shape index (κ2) is 8.76. The quantitative estimate of drug-likeness (QED) is 0.564. The number of anilines is 1. The van der Waals surface area contributed by atoms with Crippen molar-refractivity contribution < 1.29 is 23.8 Å². The first-order chi connectivity index (χ1) is 17.8. The van der Waals surface area contributed by atoms with Gasteiger partial charge in [0.2, 0.25) is 5.91 Å². The average Bonchev–Trinajstić information content (AvgIpc) is 3.12. The molecule has 1 saturated carbocycles. The molecular weight excluding hydrogens is 475 g/mol. The van der Waals surface area contributed by atoms with Crippen LogP contribution in [0.1, 0.15) is 36.6 Å². The van der Waals surface area contributed by atoms with Crippen LogP contribution < -0.4 is 10.1 Å². The maximum absolute atomic E-state index is 13.6. The van der Waals surface area contributed by atoms with Gasteiger partial charge in [0.15, 0.2) is 0 Å². The van der Waals surface area contributed by atoms with Crippen molar-refractivity contribution in [2.45, 2.75) is 30.7 Å². The minimum atomic E-state index is -0.464. The number of rotatable bonds is 4. The van der Waals surface area contributed by atoms with Gasteiger partial charge in [-0.1, -0.05) is 12.5 Å². The molecule has 2 N–H and O–H groups in total. The molecule has 194 valence electrons. The second-order valence-electron chi connectivity index (χ2n) is 10.6. The number of aliphatic hydroxyl groups is 1. The Morgan fingerprint density at radius 2 is 1.95 bits per heavy atom. The molecule has 1 saturated heterocycles. The fraction of sp³-hybridized carbons (Fsp3) is 0.429. The molecule has 0 unspecified atom stereocenters. The molecule has 3 aliphatic rings. The van der Waals surface area contributed by atoms with Crippen molar-refractivity contribution in [2.24, 2.45) is 13.0 Å². The van der Waals surface area contributed by atoms with E-state index in [9.17, 15) is 19.1 Å². The maximum atomic E-state index is 13.6. The summed E-state index contributed by atoms with van der Waals surface area (Å²) in [6.07, 6.45) is 2.80. The Balaban J connectivity index is 1.39. The summed E-state index contributed by atoms with van der Waals surface area (Å²) in [6, 6.07) is 11.0. The number of likely N-dealkylation sites (tertiary alicyclic amines) is 1. The lowest BCUT2D eigenvalue weighted by Gasteiger charge is -2.56. The van der Waals surface area contributed by atoms with Crippen LogP contribution in [0.5, 0.6) is 5.75 Å². The maximum Gasteiger partial charge on any atom is 0.321 e. The molecule has 2 aromatic carbocycles. The normalized spacial score (nSPS) is 20.4. The second-order valence-corrected chi connectivity index (χ2v) is 10.6. The number of urea groups is 1. The lowest BCUT2D eigenvalue weighted by atomic mass is 9.68. The number of nitrogens with one attached hydrogen (secondary N) is 1. The fourth-order valence-electron chi connectivity index (χ4n) is 6.33. The summed E-state index contributed by atoms with van der Waals surface area (Å²) in [4.78, 5) is 30.2. The monoisotopic (exact) mass is 506 g/mol. The summed E-state index contributed by atoms with van der Waals surface area (Å²) >= 11 is 0. The number of carbonyl (C=O) groups excluding carboxylic acids is 2. The Morgan fingerprint density at radius 1 is 1.16 bits per heavy atom. The molecule has 1 spiro atoms. The molecule has 1 atom stereocenters. The third kappa shape index (κ3) is 3.67. The number of methoxy groups -OCH3 is 1. The van der Waals surface area contributed by atoms with E-state index in [-0.39, 0.29) is 24.5 Å². The molecule has 3 heterocycles. The number of carbonyl (C=O) groups is 2. The predicted molar refractivity (Wildman–Crippen MR) is 137 cm³/mol. The molecule has 2 aliphatic heterocycles. The van der Waals surface area contributed by atoms with Crippen molar-refractivity contribution in [3.8, 4) is 5.75 Å². The molecule has 8 nitrogen and oxygen atoms in total. The third-order valence-electron chi connectivity index (χ3n) is 8.41. The van der Waals surface area contributed by atoms with Crippen LogP contribution in [-0.2, 0) is 17.3 Å². The van der Waals surface area contributed by atoms with Gasteiger partial charge in [-0.15, -0.1) is 0 Å². The zero-order valence-corrected chi connectivity index (χ0v) is 21.0. The minimum absolute atomic E-state index is 0.00474. The van der Waals surface area contributed by atoms with Crippen LogP contribution in [0.4, 0.5) is 14.9 Å². The van der Waals surface area contributed by atoms with Crippen molar-refractivity contribution in [2.75, 3.05) is 38.7 Å². The molecule has 3 amide bonds. The number of nitrogens with zero attached hydrogens (tertiary/aromatic N) is 3. The molecule has 1 aromatic heterocycles. The number of ether oxygens (including phenoxy) is 1. The van der Waals surface area contributed by atoms with E-state index in [0.717, 1.165) is 47.2 Å². The van der Waals surface area contributed by atoms with E-state index in [1.165, 1.54) is 12.1 Å². The van der Waals surface area contributed by atoms with Crippen LogP contribution in [0.3, 0.4) is 0 Å². The van der Waals surface area contributed by atoms with Gasteiger partial charge < -0.3 is 29.5 Å². The highest BCUT2D eigenvalue weighted by atomic mass is 19.1. The highest BCUT2D eigenvalue weighted by molar-refractivity contribution is 5.93. The van der Waals surface area contributed by atoms with Crippen molar-refractivity contribution in [3.05, 3.63) is 59.5 Å². The number of fused-ring (bicyclic) bond motifs is 4. The van der Waals surface area contributed by atoms with Crippen LogP contribution in [0, 0.1) is 11.7 Å². The van der Waals surface area contributed by atoms with E-state index in [0.29, 0.717) is 25.3 Å². The van der Waals surface area contributed by atoms with Crippen LogP contribution in [-0.4, -0.2) is 64.8 Å². The molecule has 0 radical (unpaired) electrons. The minimum Gasteiger partial charge on any atom is -0.497 e. The Labute approximate surface area is 214 Å². The number of aliphatic hydroxyl groups excluding tert-OH is 1. The van der Waals surface area contributed by atoms with Crippen LogP contribution in [0.2, 0.25) is 0 Å². The summed E-state index contributed by atoms with van der Waals surface area (Å²) in [7, 11) is 3.59. The van der Waals surface area contributed by atoms with Gasteiger partial charge >= 0.3 is 6.03 Å². The van der Waals surface area contributed by atoms with Crippen LogP contribution in [0.15, 0.2) is 42.5 Å². The first kappa shape index (κ1) is 23.8. The summed E-state index contributed by atoms with van der Waals surface area (Å²) in [5.41, 5.74) is 2.89. The number of amides is 3. The zero-order valence-electron chi connectivity index (χ0n) is 21.0. The molecular formula is C28H31FN4O4. The lowest BCUT2D eigenvalue weighted by molar-refractivity contribution is -0.145. The predicted octanol–water partition coefficient (Wildman–Crippen LogP) is 3.79. The SMILES string of the molecule is COc1ccc2c3c(n(C)c2c1)[C@H](CO)N(C(=O)C1CCC1)CC31CN(C(=O)Nc2cccc(F)c2)C1. The van der Waals surface area contributed by atoms with Crippen LogP contribution in [0.25, 0.3) is 10.9 Å². The Bertz CT molecular complexity index is 1390. The van der Waals surface area contributed by atoms with Gasteiger partial charge in [0.25, 0.3) is 0 Å². The van der Waals surface area contributed by atoms with Gasteiger partial charge in [-0.05, 0) is 48.7 Å². The Morgan fingerprint density at radius 3 is 2.59 bits per heavy atom. The molecule has 0 bridgehead atoms. The van der Waals surface area contributed by atoms with Crippen molar-refractivity contribution >= 4 is 28.5 Å². The van der Waals surface area contributed by atoms with E-state index >= 15 is 0 Å². The van der Waals surface area contributed by atoms with Gasteiger partial charge in [0, 0.05) is 55.4 Å². The topological polar surface area (TPSA) is 87.0 Å². The summed E-state index contributed by atoms with van der Waals surface area (Å²) in [6.45, 7) is 1.10. The van der Waals surface area contributed by atoms with Crippen molar-refractivity contribution in [1.82, 2.24) is 14.4 Å². The van der Waals surface area contributed by atoms with Gasteiger partial charge in [0.1, 0.15) is 11.6 Å². The fourth-order valence-corrected chi connectivity index (χ4v) is 6.33. The number of hydrogen-bond acceptors (Lipinski definition) is 4. The van der Waals surface area contributed by atoms with Gasteiger partial charge in [0.05, 0.1) is 30.7 Å². The van der Waals surface area contributed by atoms with Gasteiger partial charge in [-0.25, -0.2) is 9.18 Å². The van der Waals surface area contributed by atoms with Gasteiger partial charge in [-0.2, -0.15) is 0 Å². The summed E-state index contributed by atoms with van der Waals surface area (Å²) < 4.78 is 21.2. The number of halogens is 1. The Hall–Kier alpha value is -3.59. The third-order valence-corrected chi connectivity index (χ3v) is 8.41. The Kier molecular flexibility index (Phi) is 5.63. The van der Waals surface area contributed by atoms with E-state index in [2.05, 4.69) is 9.88 Å². The highest BCUT2D eigenvalue weighted by Crippen LogP contribution is 2.50. The zero-order chi connectivity index (χ0) is 25.9. The van der Waals surface area contributed by atoms with Crippen molar-refractivity contribution in [1.29, 1.82) is 0 Å². The van der Waals surface area contributed by atoms with Gasteiger partial charge in [-0.3, -0.25) is 4.79 Å². The van der Waals surface area contributed by atoms with E-state index < -0.39 is 17.3 Å². The largest absolute Gasteiger partial charge is 0.497 e. The first-order valence-corrected chi connectivity index (χ1v) is 12.7. The number of aryl methyl sites for hydroxylation is 1. The number of hydrogen-bond donors (Lipinski definition) is 2. The molecule has 37 heavy (non-hydrogen) atoms. The summed E-state index contributed by atoms with van der Waals surface area (Å²) in [5.74, 6) is 0.393. The van der Waals surface area contributed by atoms with E-state index in [4.69, 9.17) is 4.74 Å². The van der Waals surface area contributed by atoms with Crippen molar-refractivity contribution in [3.63, 3.8) is 0 Å². The average molecular weight is 507 g/mol. The standard InChI is InChI=1S/C28H31FN4O4/c1-31-22-12-20(37-2)9-10-21(22)24-25(31)23(13-34)33(26(35)17-5-3-6-17)16-28(24)14-32(15-28)27(36)30-19-8-4-7-18(29)11-19/h4,7-12,17,23,34H,3,5-6,13-16H2,1-2H3,(H,30,36)/t23-/m0/s1. The smallest absolute Gasteiger partial charge is 0.321 e. The lowest BCUT2D eigenvalue weighted by Crippen LogP contribution is -2.69. The van der Waals surface area contributed by atoms with Crippen LogP contribution >= 0.6 is 0 Å². The first-order valence-electron chi connectivity index (χ1n) is 12.7.